The molecule has 0 radical (unpaired) electrons. The summed E-state index contributed by atoms with van der Waals surface area (Å²) in [5.74, 6) is -0.998. The van der Waals surface area contributed by atoms with Gasteiger partial charge in [0.15, 0.2) is 5.82 Å². The molecule has 10 nitrogen and oxygen atoms in total. The van der Waals surface area contributed by atoms with Gasteiger partial charge in [-0.1, -0.05) is 23.2 Å². The van der Waals surface area contributed by atoms with Crippen molar-refractivity contribution in [3.8, 4) is 5.82 Å². The van der Waals surface area contributed by atoms with E-state index in [0.717, 1.165) is 7.11 Å². The van der Waals surface area contributed by atoms with Crippen molar-refractivity contribution < 1.29 is 19.1 Å². The zero-order valence-electron chi connectivity index (χ0n) is 17.2. The minimum Gasteiger partial charge on any atom is -0.452 e. The van der Waals surface area contributed by atoms with Crippen LogP contribution >= 0.6 is 23.2 Å². The number of nitrogens with one attached hydrogen (secondary N) is 3. The lowest BCUT2D eigenvalue weighted by atomic mass is 10.1. The molecule has 32 heavy (non-hydrogen) atoms. The summed E-state index contributed by atoms with van der Waals surface area (Å²) in [6.07, 6.45) is 0.661. The van der Waals surface area contributed by atoms with Crippen molar-refractivity contribution in [2.75, 3.05) is 12.4 Å². The van der Waals surface area contributed by atoms with Gasteiger partial charge < -0.3 is 10.1 Å². The molecule has 0 bridgehead atoms. The minimum atomic E-state index is -0.866. The number of rotatable bonds is 4. The lowest BCUT2D eigenvalue weighted by Crippen LogP contribution is -2.41. The minimum absolute atomic E-state index is 0.0263. The molecule has 12 heteroatoms. The van der Waals surface area contributed by atoms with Crippen molar-refractivity contribution in [3.63, 3.8) is 0 Å². The third-order valence-corrected chi connectivity index (χ3v) is 4.76. The number of aromatic nitrogens is 3. The Hall–Kier alpha value is -3.63. The molecule has 3 amide bonds. The molecule has 1 aromatic carbocycles. The number of pyridine rings is 1. The number of benzene rings is 1. The number of amides is 3. The van der Waals surface area contributed by atoms with Gasteiger partial charge in [0, 0.05) is 11.2 Å². The quantitative estimate of drug-likeness (QED) is 0.494. The van der Waals surface area contributed by atoms with Gasteiger partial charge in [-0.05, 0) is 49.7 Å². The molecule has 2 heterocycles. The second kappa shape index (κ2) is 9.67. The van der Waals surface area contributed by atoms with Crippen LogP contribution in [0.4, 0.5) is 10.5 Å². The molecule has 3 rings (SSSR count). The largest absolute Gasteiger partial charge is 0.452 e. The third-order valence-electron chi connectivity index (χ3n) is 4.25. The summed E-state index contributed by atoms with van der Waals surface area (Å²) in [6, 6.07) is 7.79. The summed E-state index contributed by atoms with van der Waals surface area (Å²) >= 11 is 12.3. The Morgan fingerprint density at radius 3 is 2.50 bits per heavy atom. The maximum Gasteiger partial charge on any atom is 0.425 e. The molecule has 3 N–H and O–H groups in total. The van der Waals surface area contributed by atoms with Gasteiger partial charge >= 0.3 is 6.09 Å². The van der Waals surface area contributed by atoms with Gasteiger partial charge in [0.1, 0.15) is 5.69 Å². The van der Waals surface area contributed by atoms with Gasteiger partial charge in [-0.2, -0.15) is 5.10 Å². The van der Waals surface area contributed by atoms with E-state index in [2.05, 4.69) is 31.0 Å². The number of halogens is 2. The number of anilines is 1. The second-order valence-electron chi connectivity index (χ2n) is 6.56. The van der Waals surface area contributed by atoms with Crippen molar-refractivity contribution in [2.45, 2.75) is 13.8 Å². The third kappa shape index (κ3) is 4.98. The average Bonchev–Trinajstić information content (AvgIpc) is 3.15. The lowest BCUT2D eigenvalue weighted by Gasteiger charge is -2.15. The van der Waals surface area contributed by atoms with E-state index in [4.69, 9.17) is 23.2 Å². The van der Waals surface area contributed by atoms with E-state index in [1.54, 1.807) is 38.1 Å². The fourth-order valence-corrected chi connectivity index (χ4v) is 3.32. The van der Waals surface area contributed by atoms with Crippen LogP contribution in [0, 0.1) is 13.8 Å². The van der Waals surface area contributed by atoms with Crippen molar-refractivity contribution in [1.82, 2.24) is 25.6 Å². The monoisotopic (exact) mass is 476 g/mol. The van der Waals surface area contributed by atoms with E-state index < -0.39 is 17.9 Å². The van der Waals surface area contributed by atoms with Gasteiger partial charge in [-0.25, -0.2) is 19.9 Å². The van der Waals surface area contributed by atoms with Crippen molar-refractivity contribution in [3.05, 3.63) is 69.1 Å². The van der Waals surface area contributed by atoms with Crippen LogP contribution in [0.25, 0.3) is 5.82 Å². The summed E-state index contributed by atoms with van der Waals surface area (Å²) in [5, 5.41) is 7.59. The molecule has 0 saturated heterocycles. The van der Waals surface area contributed by atoms with Crippen molar-refractivity contribution in [2.24, 2.45) is 0 Å². The summed E-state index contributed by atoms with van der Waals surface area (Å²) < 4.78 is 5.73. The first-order valence-corrected chi connectivity index (χ1v) is 9.90. The first-order chi connectivity index (χ1) is 15.2. The molecule has 3 aromatic rings. The zero-order valence-corrected chi connectivity index (χ0v) is 18.7. The Morgan fingerprint density at radius 1 is 1.06 bits per heavy atom. The number of nitrogens with zero attached hydrogens (tertiary/aromatic N) is 3. The molecule has 0 aliphatic rings. The van der Waals surface area contributed by atoms with E-state index >= 15 is 0 Å². The van der Waals surface area contributed by atoms with Crippen molar-refractivity contribution >= 4 is 46.8 Å². The average molecular weight is 477 g/mol. The van der Waals surface area contributed by atoms with Gasteiger partial charge in [-0.15, -0.1) is 0 Å². The fourth-order valence-electron chi connectivity index (χ4n) is 2.85. The number of ether oxygens (including phenoxy) is 1. The fraction of sp³-hybridized carbons (Fsp3) is 0.150. The number of hydrazine groups is 1. The Bertz CT molecular complexity index is 1210. The summed E-state index contributed by atoms with van der Waals surface area (Å²) in [5.41, 5.74) is 5.71. The van der Waals surface area contributed by atoms with Crippen LogP contribution in [-0.4, -0.2) is 39.8 Å². The van der Waals surface area contributed by atoms with E-state index in [9.17, 15) is 14.4 Å². The second-order valence-corrected chi connectivity index (χ2v) is 7.41. The SMILES string of the molecule is COC(=O)NNC(=O)c1cc(Cl)cc(C)c1NC(=O)c1cc(C)nn1-c1ncccc1Cl. The molecular formula is C20H18Cl2N6O4. The standard InChI is InChI=1S/C20H18Cl2N6O4/c1-10-7-12(21)9-13(18(29)25-26-20(31)32-3)16(10)24-19(30)15-8-11(2)27-28(15)17-14(22)5-4-6-23-17/h4-9H,1-3H3,(H,24,30)(H,25,29)(H,26,31). The molecule has 0 aliphatic heterocycles. The maximum atomic E-state index is 13.2. The molecule has 0 aliphatic carbocycles. The van der Waals surface area contributed by atoms with Gasteiger partial charge in [0.2, 0.25) is 0 Å². The summed E-state index contributed by atoms with van der Waals surface area (Å²) in [4.78, 5) is 41.2. The highest BCUT2D eigenvalue weighted by molar-refractivity contribution is 6.32. The van der Waals surface area contributed by atoms with E-state index in [-0.39, 0.29) is 27.8 Å². The molecule has 2 aromatic heterocycles. The predicted molar refractivity (Wildman–Crippen MR) is 118 cm³/mol. The molecule has 0 atom stereocenters. The molecule has 0 saturated carbocycles. The van der Waals surface area contributed by atoms with Crippen LogP contribution < -0.4 is 16.2 Å². The first kappa shape index (κ1) is 23.0. The molecule has 0 spiro atoms. The van der Waals surface area contributed by atoms with Crippen LogP contribution in [0.2, 0.25) is 10.0 Å². The summed E-state index contributed by atoms with van der Waals surface area (Å²) in [6.45, 7) is 3.39. The topological polar surface area (TPSA) is 127 Å². The number of hydrogen-bond acceptors (Lipinski definition) is 6. The Labute approximate surface area is 192 Å². The van der Waals surface area contributed by atoms with E-state index in [1.165, 1.54) is 16.9 Å². The number of methoxy groups -OCH3 is 1. The Morgan fingerprint density at radius 2 is 1.81 bits per heavy atom. The Kier molecular flexibility index (Phi) is 6.96. The number of hydrogen-bond donors (Lipinski definition) is 3. The summed E-state index contributed by atoms with van der Waals surface area (Å²) in [7, 11) is 1.15. The number of aryl methyl sites for hydroxylation is 2. The number of carbonyl (C=O) groups is 3. The smallest absolute Gasteiger partial charge is 0.425 e. The molecule has 0 fully saturated rings. The van der Waals surface area contributed by atoms with Gasteiger partial charge in [0.25, 0.3) is 11.8 Å². The zero-order chi connectivity index (χ0) is 23.4. The normalized spacial score (nSPS) is 10.4. The van der Waals surface area contributed by atoms with Crippen LogP contribution in [0.15, 0.2) is 36.5 Å². The predicted octanol–water partition coefficient (Wildman–Crippen LogP) is 3.44. The lowest BCUT2D eigenvalue weighted by molar-refractivity contribution is 0.0921. The first-order valence-electron chi connectivity index (χ1n) is 9.14. The van der Waals surface area contributed by atoms with Crippen LogP contribution in [0.5, 0.6) is 0 Å². The van der Waals surface area contributed by atoms with Gasteiger partial charge in [-0.3, -0.25) is 15.0 Å². The highest BCUT2D eigenvalue weighted by Gasteiger charge is 2.22. The molecule has 0 unspecified atom stereocenters. The van der Waals surface area contributed by atoms with E-state index in [0.29, 0.717) is 16.3 Å². The molecule has 166 valence electrons. The van der Waals surface area contributed by atoms with Crippen molar-refractivity contribution in [1.29, 1.82) is 0 Å². The van der Waals surface area contributed by atoms with Gasteiger partial charge in [0.05, 0.1) is 29.1 Å². The van der Waals surface area contributed by atoms with Crippen LogP contribution in [-0.2, 0) is 4.74 Å². The van der Waals surface area contributed by atoms with Crippen LogP contribution in [0.3, 0.4) is 0 Å². The highest BCUT2D eigenvalue weighted by Crippen LogP contribution is 2.27. The maximum absolute atomic E-state index is 13.2. The van der Waals surface area contributed by atoms with Crippen LogP contribution in [0.1, 0.15) is 32.1 Å². The van der Waals surface area contributed by atoms with E-state index in [1.807, 2.05) is 0 Å². The number of carbonyl (C=O) groups excluding carboxylic acids is 3. The highest BCUT2D eigenvalue weighted by atomic mass is 35.5. The molecular weight excluding hydrogens is 459 g/mol. The Balaban J connectivity index is 1.96.